The molecule has 0 fully saturated rings. The molecular weight excluding hydrogens is 412 g/mol. The lowest BCUT2D eigenvalue weighted by Crippen LogP contribution is -2.33. The van der Waals surface area contributed by atoms with Gasteiger partial charge < -0.3 is 14.8 Å². The number of halogens is 1. The van der Waals surface area contributed by atoms with E-state index in [0.717, 1.165) is 17.7 Å². The lowest BCUT2D eigenvalue weighted by atomic mass is 10.0. The number of fused-ring (bicyclic) bond motifs is 1. The van der Waals surface area contributed by atoms with E-state index in [1.54, 1.807) is 24.3 Å². The number of nitrogens with zero attached hydrogens (tertiary/aromatic N) is 2. The first-order valence-electron chi connectivity index (χ1n) is 9.11. The van der Waals surface area contributed by atoms with Crippen LogP contribution in [0.3, 0.4) is 0 Å². The van der Waals surface area contributed by atoms with Gasteiger partial charge in [-0.05, 0) is 30.3 Å². The molecule has 0 bridgehead atoms. The number of H-pyrrole nitrogens is 1. The fourth-order valence-electron chi connectivity index (χ4n) is 2.95. The molecule has 1 atom stereocenters. The fourth-order valence-corrected chi connectivity index (χ4v) is 3.70. The molecule has 0 spiro atoms. The second-order valence-corrected chi connectivity index (χ2v) is 7.77. The van der Waals surface area contributed by atoms with Gasteiger partial charge in [0.05, 0.1) is 18.4 Å². The first-order valence-corrected chi connectivity index (χ1v) is 10.5. The Bertz CT molecular complexity index is 980. The van der Waals surface area contributed by atoms with E-state index in [4.69, 9.17) is 21.1 Å². The first-order chi connectivity index (χ1) is 14.2. The summed E-state index contributed by atoms with van der Waals surface area (Å²) in [7, 11) is 0. The molecule has 1 aromatic heterocycles. The zero-order valence-corrected chi connectivity index (χ0v) is 17.0. The Morgan fingerprint density at radius 1 is 1.28 bits per heavy atom. The van der Waals surface area contributed by atoms with Crippen LogP contribution in [0.2, 0.25) is 5.02 Å². The molecule has 2 aromatic carbocycles. The molecule has 29 heavy (non-hydrogen) atoms. The Labute approximate surface area is 177 Å². The Hall–Kier alpha value is -2.71. The van der Waals surface area contributed by atoms with Crippen molar-refractivity contribution in [1.82, 2.24) is 20.5 Å². The molecule has 7 nitrogen and oxygen atoms in total. The predicted octanol–water partition coefficient (Wildman–Crippen LogP) is 3.77. The largest absolute Gasteiger partial charge is 0.493 e. The Kier molecular flexibility index (Phi) is 6.21. The molecule has 0 radical (unpaired) electrons. The Balaban J connectivity index is 1.25. The van der Waals surface area contributed by atoms with E-state index in [2.05, 4.69) is 20.5 Å². The summed E-state index contributed by atoms with van der Waals surface area (Å²) < 4.78 is 11.3. The van der Waals surface area contributed by atoms with Crippen molar-refractivity contribution in [2.24, 2.45) is 0 Å². The molecule has 0 saturated heterocycles. The van der Waals surface area contributed by atoms with Gasteiger partial charge in [-0.2, -0.15) is 0 Å². The van der Waals surface area contributed by atoms with E-state index < -0.39 is 0 Å². The quantitative estimate of drug-likeness (QED) is 0.554. The van der Waals surface area contributed by atoms with E-state index in [-0.39, 0.29) is 24.3 Å². The zero-order chi connectivity index (χ0) is 20.1. The first kappa shape index (κ1) is 19.6. The third kappa shape index (κ3) is 5.21. The predicted molar refractivity (Wildman–Crippen MR) is 110 cm³/mol. The topological polar surface area (TPSA) is 89.1 Å². The number of hydrogen-bond donors (Lipinski definition) is 2. The van der Waals surface area contributed by atoms with Crippen LogP contribution in [0.15, 0.2) is 53.7 Å². The molecule has 2 N–H and O–H groups in total. The van der Waals surface area contributed by atoms with Gasteiger partial charge in [-0.3, -0.25) is 9.89 Å². The number of benzene rings is 2. The van der Waals surface area contributed by atoms with Gasteiger partial charge >= 0.3 is 0 Å². The van der Waals surface area contributed by atoms with Crippen molar-refractivity contribution in [3.8, 4) is 11.5 Å². The van der Waals surface area contributed by atoms with Gasteiger partial charge in [0.25, 0.3) is 0 Å². The molecule has 1 amide bonds. The molecule has 1 unspecified atom stereocenters. The van der Waals surface area contributed by atoms with E-state index in [1.165, 1.54) is 11.8 Å². The number of carbonyl (C=O) groups is 1. The molecule has 0 aliphatic carbocycles. The Morgan fingerprint density at radius 3 is 2.97 bits per heavy atom. The van der Waals surface area contributed by atoms with E-state index in [1.807, 2.05) is 24.3 Å². The summed E-state index contributed by atoms with van der Waals surface area (Å²) in [6, 6.07) is 14.8. The number of ether oxygens (including phenoxy) is 2. The maximum absolute atomic E-state index is 12.4. The molecule has 3 aromatic rings. The number of amides is 1. The van der Waals surface area contributed by atoms with Crippen LogP contribution >= 0.6 is 23.4 Å². The minimum absolute atomic E-state index is 0.0384. The minimum atomic E-state index is -0.0690. The highest BCUT2D eigenvalue weighted by atomic mass is 35.5. The van der Waals surface area contributed by atoms with Gasteiger partial charge in [0.15, 0.2) is 5.82 Å². The molecular formula is C20H19ClN4O3S. The van der Waals surface area contributed by atoms with Crippen LogP contribution in [-0.2, 0) is 11.4 Å². The number of aromatic amines is 1. The number of para-hydroxylation sites is 1. The fraction of sp³-hybridized carbons (Fsp3) is 0.250. The van der Waals surface area contributed by atoms with Crippen molar-refractivity contribution < 1.29 is 14.3 Å². The lowest BCUT2D eigenvalue weighted by molar-refractivity contribution is -0.119. The summed E-state index contributed by atoms with van der Waals surface area (Å²) in [5.74, 6) is 2.27. The second kappa shape index (κ2) is 9.19. The van der Waals surface area contributed by atoms with Crippen LogP contribution < -0.4 is 14.8 Å². The summed E-state index contributed by atoms with van der Waals surface area (Å²) in [4.78, 5) is 16.7. The van der Waals surface area contributed by atoms with Crippen molar-refractivity contribution in [2.75, 3.05) is 12.4 Å². The molecule has 1 aliphatic rings. The second-order valence-electron chi connectivity index (χ2n) is 6.39. The summed E-state index contributed by atoms with van der Waals surface area (Å²) in [5.41, 5.74) is 1.01. The Morgan fingerprint density at radius 2 is 2.10 bits per heavy atom. The summed E-state index contributed by atoms with van der Waals surface area (Å²) in [6.45, 7) is 0.841. The van der Waals surface area contributed by atoms with Crippen molar-refractivity contribution >= 4 is 29.3 Å². The van der Waals surface area contributed by atoms with Crippen molar-refractivity contribution in [1.29, 1.82) is 0 Å². The highest BCUT2D eigenvalue weighted by Gasteiger charge is 2.22. The standard InChI is InChI=1S/C20H19ClN4O3S/c21-13-5-7-14(8-6-13)28-11-18-23-20(25-24-18)29-12-19(26)22-16-9-10-27-17-4-2-1-3-15(16)17/h1-8,16H,9-12H2,(H,22,26)(H,23,24,25). The average molecular weight is 431 g/mol. The zero-order valence-electron chi connectivity index (χ0n) is 15.4. The summed E-state index contributed by atoms with van der Waals surface area (Å²) >= 11 is 7.13. The molecule has 2 heterocycles. The maximum atomic E-state index is 12.4. The number of carbonyl (C=O) groups excluding carboxylic acids is 1. The number of rotatable bonds is 7. The number of hydrogen-bond acceptors (Lipinski definition) is 6. The van der Waals surface area contributed by atoms with Crippen molar-refractivity contribution in [3.05, 3.63) is 64.9 Å². The summed E-state index contributed by atoms with van der Waals surface area (Å²) in [5, 5.41) is 11.2. The van der Waals surface area contributed by atoms with Gasteiger partial charge in [-0.25, -0.2) is 4.98 Å². The van der Waals surface area contributed by atoms with Gasteiger partial charge in [-0.15, -0.1) is 5.10 Å². The van der Waals surface area contributed by atoms with E-state index >= 15 is 0 Å². The minimum Gasteiger partial charge on any atom is -0.493 e. The van der Waals surface area contributed by atoms with Crippen LogP contribution in [0, 0.1) is 0 Å². The normalized spacial score (nSPS) is 15.3. The molecule has 150 valence electrons. The number of nitrogens with one attached hydrogen (secondary N) is 2. The highest BCUT2D eigenvalue weighted by molar-refractivity contribution is 7.99. The molecule has 4 rings (SSSR count). The van der Waals surface area contributed by atoms with Crippen LogP contribution in [0.5, 0.6) is 11.5 Å². The van der Waals surface area contributed by atoms with E-state index in [9.17, 15) is 4.79 Å². The highest BCUT2D eigenvalue weighted by Crippen LogP contribution is 2.31. The average Bonchev–Trinajstić information content (AvgIpc) is 3.20. The number of thioether (sulfide) groups is 1. The number of aromatic nitrogens is 3. The molecule has 1 aliphatic heterocycles. The third-order valence-electron chi connectivity index (χ3n) is 4.33. The van der Waals surface area contributed by atoms with Crippen LogP contribution in [0.1, 0.15) is 23.9 Å². The monoisotopic (exact) mass is 430 g/mol. The van der Waals surface area contributed by atoms with Gasteiger partial charge in [0, 0.05) is 17.0 Å². The van der Waals surface area contributed by atoms with Crippen LogP contribution in [-0.4, -0.2) is 33.4 Å². The van der Waals surface area contributed by atoms with Gasteiger partial charge in [-0.1, -0.05) is 41.6 Å². The van der Waals surface area contributed by atoms with Crippen molar-refractivity contribution in [2.45, 2.75) is 24.2 Å². The van der Waals surface area contributed by atoms with Gasteiger partial charge in [0.2, 0.25) is 11.1 Å². The van der Waals surface area contributed by atoms with Gasteiger partial charge in [0.1, 0.15) is 18.1 Å². The van der Waals surface area contributed by atoms with Crippen LogP contribution in [0.4, 0.5) is 0 Å². The van der Waals surface area contributed by atoms with E-state index in [0.29, 0.717) is 28.4 Å². The molecule has 9 heteroatoms. The third-order valence-corrected chi connectivity index (χ3v) is 5.43. The SMILES string of the molecule is O=C(CSc1n[nH]c(COc2ccc(Cl)cc2)n1)NC1CCOc2ccccc21. The van der Waals surface area contributed by atoms with Crippen LogP contribution in [0.25, 0.3) is 0 Å². The lowest BCUT2D eigenvalue weighted by Gasteiger charge is -2.26. The summed E-state index contributed by atoms with van der Waals surface area (Å²) in [6.07, 6.45) is 0.750. The smallest absolute Gasteiger partial charge is 0.230 e. The van der Waals surface area contributed by atoms with Crippen molar-refractivity contribution in [3.63, 3.8) is 0 Å². The molecule has 0 saturated carbocycles. The maximum Gasteiger partial charge on any atom is 0.230 e.